The molecule has 1 aliphatic rings. The molecule has 112 valence electrons. The van der Waals surface area contributed by atoms with Gasteiger partial charge in [-0.1, -0.05) is 32.0 Å². The van der Waals surface area contributed by atoms with Crippen molar-refractivity contribution in [2.45, 2.75) is 32.2 Å². The first-order valence-electron chi connectivity index (χ1n) is 7.01. The van der Waals surface area contributed by atoms with Crippen LogP contribution in [-0.2, 0) is 9.59 Å². The maximum absolute atomic E-state index is 12.1. The minimum atomic E-state index is -0.925. The first-order valence-corrected chi connectivity index (χ1v) is 7.01. The number of hydrogen-bond acceptors (Lipinski definition) is 3. The lowest BCUT2D eigenvalue weighted by molar-refractivity contribution is -0.128. The Labute approximate surface area is 123 Å². The summed E-state index contributed by atoms with van der Waals surface area (Å²) in [4.78, 5) is 37.4. The van der Waals surface area contributed by atoms with E-state index >= 15 is 0 Å². The number of imide groups is 1. The molecular formula is C15H19N3O3. The van der Waals surface area contributed by atoms with Crippen molar-refractivity contribution < 1.29 is 14.4 Å². The third kappa shape index (κ3) is 2.74. The van der Waals surface area contributed by atoms with Gasteiger partial charge in [0.25, 0.3) is 5.91 Å². The van der Waals surface area contributed by atoms with Gasteiger partial charge < -0.3 is 10.2 Å². The predicted molar refractivity (Wildman–Crippen MR) is 78.6 cm³/mol. The second-order valence-electron chi connectivity index (χ2n) is 5.00. The molecule has 0 saturated carbocycles. The summed E-state index contributed by atoms with van der Waals surface area (Å²) in [5.41, 5.74) is -0.266. The molecule has 0 spiro atoms. The molecule has 6 nitrogen and oxygen atoms in total. The lowest BCUT2D eigenvalue weighted by atomic mass is 9.91. The SMILES string of the molecule is CCC1(CC)C(=O)NC(=O)N1CC(=O)Nc1ccccc1. The molecule has 2 rings (SSSR count). The summed E-state index contributed by atoms with van der Waals surface area (Å²) in [5, 5.41) is 5.02. The third-order valence-electron chi connectivity index (χ3n) is 3.93. The number of urea groups is 1. The van der Waals surface area contributed by atoms with Crippen molar-refractivity contribution in [3.63, 3.8) is 0 Å². The molecule has 1 saturated heterocycles. The fourth-order valence-electron chi connectivity index (χ4n) is 2.64. The van der Waals surface area contributed by atoms with E-state index in [-0.39, 0.29) is 18.4 Å². The fourth-order valence-corrected chi connectivity index (χ4v) is 2.64. The van der Waals surface area contributed by atoms with E-state index in [1.165, 1.54) is 4.90 Å². The zero-order valence-electron chi connectivity index (χ0n) is 12.2. The van der Waals surface area contributed by atoms with Gasteiger partial charge in [-0.05, 0) is 25.0 Å². The highest BCUT2D eigenvalue weighted by Crippen LogP contribution is 2.28. The van der Waals surface area contributed by atoms with Crippen LogP contribution in [0.25, 0.3) is 0 Å². The lowest BCUT2D eigenvalue weighted by Crippen LogP contribution is -2.51. The Morgan fingerprint density at radius 1 is 1.19 bits per heavy atom. The summed E-state index contributed by atoms with van der Waals surface area (Å²) in [6.07, 6.45) is 0.944. The highest BCUT2D eigenvalue weighted by molar-refractivity contribution is 6.08. The zero-order valence-corrected chi connectivity index (χ0v) is 12.2. The van der Waals surface area contributed by atoms with E-state index in [0.717, 1.165) is 0 Å². The number of carbonyl (C=O) groups excluding carboxylic acids is 3. The molecule has 1 aliphatic heterocycles. The van der Waals surface area contributed by atoms with Crippen molar-refractivity contribution in [3.05, 3.63) is 30.3 Å². The number of nitrogens with zero attached hydrogens (tertiary/aromatic N) is 1. The van der Waals surface area contributed by atoms with Crippen LogP contribution in [0.5, 0.6) is 0 Å². The Morgan fingerprint density at radius 2 is 1.81 bits per heavy atom. The van der Waals surface area contributed by atoms with Gasteiger partial charge in [-0.2, -0.15) is 0 Å². The molecule has 21 heavy (non-hydrogen) atoms. The Balaban J connectivity index is 2.11. The van der Waals surface area contributed by atoms with Crippen LogP contribution >= 0.6 is 0 Å². The van der Waals surface area contributed by atoms with Gasteiger partial charge in [0.15, 0.2) is 0 Å². The predicted octanol–water partition coefficient (Wildman–Crippen LogP) is 1.74. The Morgan fingerprint density at radius 3 is 2.38 bits per heavy atom. The summed E-state index contributed by atoms with van der Waals surface area (Å²) in [7, 11) is 0. The average molecular weight is 289 g/mol. The van der Waals surface area contributed by atoms with Crippen LogP contribution in [0.2, 0.25) is 0 Å². The number of carbonyl (C=O) groups is 3. The number of benzene rings is 1. The van der Waals surface area contributed by atoms with Gasteiger partial charge in [-0.15, -0.1) is 0 Å². The fraction of sp³-hybridized carbons (Fsp3) is 0.400. The highest BCUT2D eigenvalue weighted by atomic mass is 16.2. The lowest BCUT2D eigenvalue weighted by Gasteiger charge is -2.32. The smallest absolute Gasteiger partial charge is 0.325 e. The van der Waals surface area contributed by atoms with Crippen molar-refractivity contribution in [1.82, 2.24) is 10.2 Å². The second-order valence-corrected chi connectivity index (χ2v) is 5.00. The topological polar surface area (TPSA) is 78.5 Å². The molecule has 0 atom stereocenters. The first-order chi connectivity index (χ1) is 10.0. The van der Waals surface area contributed by atoms with Gasteiger partial charge in [-0.3, -0.25) is 14.9 Å². The molecule has 2 N–H and O–H groups in total. The highest BCUT2D eigenvalue weighted by Gasteiger charge is 2.50. The monoisotopic (exact) mass is 289 g/mol. The van der Waals surface area contributed by atoms with Crippen molar-refractivity contribution in [2.24, 2.45) is 0 Å². The maximum atomic E-state index is 12.1. The summed E-state index contributed by atoms with van der Waals surface area (Å²) in [5.74, 6) is -0.651. The number of nitrogens with one attached hydrogen (secondary N) is 2. The van der Waals surface area contributed by atoms with E-state index in [4.69, 9.17) is 0 Å². The van der Waals surface area contributed by atoms with Crippen LogP contribution in [0, 0.1) is 0 Å². The molecule has 6 heteroatoms. The van der Waals surface area contributed by atoms with Crippen molar-refractivity contribution in [3.8, 4) is 0 Å². The van der Waals surface area contributed by atoms with Crippen LogP contribution in [0.4, 0.5) is 10.5 Å². The quantitative estimate of drug-likeness (QED) is 0.810. The standard InChI is InChI=1S/C15H19N3O3/c1-3-15(4-2)13(20)17-14(21)18(15)10-12(19)16-11-8-6-5-7-9-11/h5-9H,3-4,10H2,1-2H3,(H,16,19)(H,17,20,21). The molecule has 0 bridgehead atoms. The van der Waals surface area contributed by atoms with Gasteiger partial charge in [0.2, 0.25) is 5.91 Å². The number of hydrogen-bond donors (Lipinski definition) is 2. The van der Waals surface area contributed by atoms with Crippen LogP contribution in [-0.4, -0.2) is 34.8 Å². The average Bonchev–Trinajstić information content (AvgIpc) is 2.71. The molecule has 1 aromatic carbocycles. The van der Waals surface area contributed by atoms with E-state index in [1.54, 1.807) is 12.1 Å². The summed E-state index contributed by atoms with van der Waals surface area (Å²) in [6, 6.07) is 8.49. The van der Waals surface area contributed by atoms with Crippen LogP contribution < -0.4 is 10.6 Å². The van der Waals surface area contributed by atoms with E-state index in [1.807, 2.05) is 32.0 Å². The number of anilines is 1. The van der Waals surface area contributed by atoms with Crippen LogP contribution in [0.1, 0.15) is 26.7 Å². The van der Waals surface area contributed by atoms with E-state index < -0.39 is 11.6 Å². The summed E-state index contributed by atoms with van der Waals surface area (Å²) < 4.78 is 0. The van der Waals surface area contributed by atoms with Gasteiger partial charge in [0.1, 0.15) is 12.1 Å². The first kappa shape index (κ1) is 15.0. The zero-order chi connectivity index (χ0) is 15.5. The molecule has 0 aromatic heterocycles. The largest absolute Gasteiger partial charge is 0.325 e. The van der Waals surface area contributed by atoms with Crippen molar-refractivity contribution >= 4 is 23.5 Å². The van der Waals surface area contributed by atoms with Gasteiger partial charge in [0, 0.05) is 5.69 Å². The van der Waals surface area contributed by atoms with Gasteiger partial charge in [-0.25, -0.2) is 4.79 Å². The van der Waals surface area contributed by atoms with Crippen LogP contribution in [0.3, 0.4) is 0 Å². The van der Waals surface area contributed by atoms with Crippen molar-refractivity contribution in [1.29, 1.82) is 0 Å². The number of para-hydroxylation sites is 1. The third-order valence-corrected chi connectivity index (χ3v) is 3.93. The Kier molecular flexibility index (Phi) is 4.26. The molecule has 1 fully saturated rings. The summed E-state index contributed by atoms with van der Waals surface area (Å²) >= 11 is 0. The number of amides is 4. The molecule has 1 aromatic rings. The van der Waals surface area contributed by atoms with E-state index in [2.05, 4.69) is 10.6 Å². The maximum Gasteiger partial charge on any atom is 0.325 e. The van der Waals surface area contributed by atoms with E-state index in [0.29, 0.717) is 18.5 Å². The van der Waals surface area contributed by atoms with Gasteiger partial charge >= 0.3 is 6.03 Å². The van der Waals surface area contributed by atoms with Crippen molar-refractivity contribution in [2.75, 3.05) is 11.9 Å². The summed E-state index contributed by atoms with van der Waals surface area (Å²) in [6.45, 7) is 3.53. The molecule has 0 radical (unpaired) electrons. The second kappa shape index (κ2) is 5.95. The normalized spacial score (nSPS) is 16.8. The molecule has 4 amide bonds. The van der Waals surface area contributed by atoms with Gasteiger partial charge in [0.05, 0.1) is 0 Å². The molecule has 0 aliphatic carbocycles. The molecule has 1 heterocycles. The Bertz CT molecular complexity index is 553. The molecular weight excluding hydrogens is 270 g/mol. The Hall–Kier alpha value is -2.37. The minimum Gasteiger partial charge on any atom is -0.325 e. The minimum absolute atomic E-state index is 0.145. The number of rotatable bonds is 5. The van der Waals surface area contributed by atoms with E-state index in [9.17, 15) is 14.4 Å². The molecule has 0 unspecified atom stereocenters. The van der Waals surface area contributed by atoms with Crippen LogP contribution in [0.15, 0.2) is 30.3 Å².